The van der Waals surface area contributed by atoms with Crippen LogP contribution in [0.15, 0.2) is 72.1 Å². The lowest BCUT2D eigenvalue weighted by Crippen LogP contribution is -2.09. The van der Waals surface area contributed by atoms with Crippen molar-refractivity contribution >= 4 is 22.9 Å². The molecule has 1 N–H and O–H groups in total. The van der Waals surface area contributed by atoms with E-state index >= 15 is 0 Å². The molecule has 0 bridgehead atoms. The molecule has 3 aromatic rings. The molecule has 0 atom stereocenters. The first-order valence-electron chi connectivity index (χ1n) is 6.83. The average Bonchev–Trinajstić information content (AvgIpc) is 3.09. The van der Waals surface area contributed by atoms with E-state index in [1.807, 2.05) is 66.0 Å². The van der Waals surface area contributed by atoms with Crippen molar-refractivity contribution in [2.24, 2.45) is 0 Å². The molecule has 1 amide bonds. The molecule has 106 valence electrons. The lowest BCUT2D eigenvalue weighted by atomic mass is 10.1. The summed E-state index contributed by atoms with van der Waals surface area (Å²) in [5, 5.41) is 4.77. The van der Waals surface area contributed by atoms with Gasteiger partial charge in [-0.3, -0.25) is 4.79 Å². The second-order valence-electron chi connectivity index (χ2n) is 4.63. The molecule has 2 aromatic carbocycles. The first-order chi connectivity index (χ1) is 10.8. The topological polar surface area (TPSA) is 29.1 Å². The molecule has 2 nitrogen and oxygen atoms in total. The van der Waals surface area contributed by atoms with Crippen LogP contribution in [-0.4, -0.2) is 5.91 Å². The third kappa shape index (κ3) is 3.63. The maximum Gasteiger partial charge on any atom is 0.265 e. The number of carbonyl (C=O) groups excluding carboxylic acids is 1. The molecule has 3 rings (SSSR count). The van der Waals surface area contributed by atoms with E-state index in [0.717, 1.165) is 16.8 Å². The SMILES string of the molecule is O=C(Nc1cccc(C#Cc2ccccc2)c1)c1cccs1. The minimum atomic E-state index is -0.0943. The van der Waals surface area contributed by atoms with Crippen LogP contribution in [0.5, 0.6) is 0 Å². The number of hydrogen-bond donors (Lipinski definition) is 1. The van der Waals surface area contributed by atoms with Crippen LogP contribution in [0.2, 0.25) is 0 Å². The van der Waals surface area contributed by atoms with Crippen molar-refractivity contribution in [1.29, 1.82) is 0 Å². The standard InChI is InChI=1S/C19H13NOS/c21-19(18-10-5-13-22-18)20-17-9-4-8-16(14-17)12-11-15-6-2-1-3-7-15/h1-10,13-14H,(H,20,21). The molecule has 3 heteroatoms. The highest BCUT2D eigenvalue weighted by Gasteiger charge is 2.06. The number of nitrogens with one attached hydrogen (secondary N) is 1. The smallest absolute Gasteiger partial charge is 0.265 e. The molecule has 1 heterocycles. The summed E-state index contributed by atoms with van der Waals surface area (Å²) in [5.74, 6) is 6.12. The summed E-state index contributed by atoms with van der Waals surface area (Å²) in [4.78, 5) is 12.7. The average molecular weight is 303 g/mol. The van der Waals surface area contributed by atoms with Crippen LogP contribution in [0.4, 0.5) is 5.69 Å². The number of carbonyl (C=O) groups is 1. The third-order valence-corrected chi connectivity index (χ3v) is 3.86. The fourth-order valence-corrected chi connectivity index (χ4v) is 2.56. The van der Waals surface area contributed by atoms with Crippen molar-refractivity contribution in [3.05, 3.63) is 88.1 Å². The van der Waals surface area contributed by atoms with Gasteiger partial charge in [-0.25, -0.2) is 0 Å². The van der Waals surface area contributed by atoms with Gasteiger partial charge in [0.05, 0.1) is 4.88 Å². The highest BCUT2D eigenvalue weighted by atomic mass is 32.1. The number of thiophene rings is 1. The molecule has 0 fully saturated rings. The van der Waals surface area contributed by atoms with Gasteiger partial charge in [0.2, 0.25) is 0 Å². The van der Waals surface area contributed by atoms with E-state index in [1.54, 1.807) is 6.07 Å². The van der Waals surface area contributed by atoms with Crippen molar-refractivity contribution in [3.63, 3.8) is 0 Å². The predicted octanol–water partition coefficient (Wildman–Crippen LogP) is 4.40. The van der Waals surface area contributed by atoms with E-state index in [-0.39, 0.29) is 5.91 Å². The Morgan fingerprint density at radius 2 is 1.64 bits per heavy atom. The second kappa shape index (κ2) is 6.75. The van der Waals surface area contributed by atoms with Crippen molar-refractivity contribution in [1.82, 2.24) is 0 Å². The lowest BCUT2D eigenvalue weighted by molar-refractivity contribution is 0.103. The van der Waals surface area contributed by atoms with Gasteiger partial charge in [0.1, 0.15) is 0 Å². The fraction of sp³-hybridized carbons (Fsp3) is 0. The molecule has 0 aliphatic rings. The molecule has 0 saturated heterocycles. The summed E-state index contributed by atoms with van der Waals surface area (Å²) < 4.78 is 0. The monoisotopic (exact) mass is 303 g/mol. The van der Waals surface area contributed by atoms with Crippen molar-refractivity contribution in [3.8, 4) is 11.8 Å². The molecule has 22 heavy (non-hydrogen) atoms. The van der Waals surface area contributed by atoms with E-state index in [1.165, 1.54) is 11.3 Å². The third-order valence-electron chi connectivity index (χ3n) is 2.99. The maximum atomic E-state index is 12.0. The van der Waals surface area contributed by atoms with E-state index in [0.29, 0.717) is 4.88 Å². The molecule has 0 unspecified atom stereocenters. The Kier molecular flexibility index (Phi) is 4.33. The molecule has 0 radical (unpaired) electrons. The van der Waals surface area contributed by atoms with Gasteiger partial charge in [0, 0.05) is 16.8 Å². The summed E-state index contributed by atoms with van der Waals surface area (Å²) in [7, 11) is 0. The van der Waals surface area contributed by atoms with Gasteiger partial charge in [-0.2, -0.15) is 0 Å². The number of benzene rings is 2. The highest BCUT2D eigenvalue weighted by molar-refractivity contribution is 7.12. The zero-order valence-electron chi connectivity index (χ0n) is 11.7. The summed E-state index contributed by atoms with van der Waals surface area (Å²) in [6.07, 6.45) is 0. The van der Waals surface area contributed by atoms with Crippen LogP contribution < -0.4 is 5.32 Å². The van der Waals surface area contributed by atoms with Gasteiger partial charge < -0.3 is 5.32 Å². The number of anilines is 1. The van der Waals surface area contributed by atoms with Crippen LogP contribution in [0, 0.1) is 11.8 Å². The van der Waals surface area contributed by atoms with Crippen LogP contribution in [0.25, 0.3) is 0 Å². The van der Waals surface area contributed by atoms with Gasteiger partial charge >= 0.3 is 0 Å². The van der Waals surface area contributed by atoms with Crippen LogP contribution >= 0.6 is 11.3 Å². The maximum absolute atomic E-state index is 12.0. The molecule has 0 aliphatic heterocycles. The fourth-order valence-electron chi connectivity index (χ4n) is 1.94. The number of amides is 1. The Hall–Kier alpha value is -2.83. The molecular formula is C19H13NOS. The second-order valence-corrected chi connectivity index (χ2v) is 5.58. The Bertz CT molecular complexity index is 827. The minimum absolute atomic E-state index is 0.0943. The van der Waals surface area contributed by atoms with Crippen LogP contribution in [0.3, 0.4) is 0 Å². The summed E-state index contributed by atoms with van der Waals surface area (Å²) in [6.45, 7) is 0. The lowest BCUT2D eigenvalue weighted by Gasteiger charge is -2.03. The van der Waals surface area contributed by atoms with Crippen molar-refractivity contribution in [2.75, 3.05) is 5.32 Å². The van der Waals surface area contributed by atoms with Gasteiger partial charge in [-0.1, -0.05) is 42.2 Å². The minimum Gasteiger partial charge on any atom is -0.321 e. The largest absolute Gasteiger partial charge is 0.321 e. The molecular weight excluding hydrogens is 290 g/mol. The van der Waals surface area contributed by atoms with E-state index in [2.05, 4.69) is 17.2 Å². The van der Waals surface area contributed by atoms with E-state index in [9.17, 15) is 4.79 Å². The molecule has 1 aromatic heterocycles. The molecule has 0 spiro atoms. The summed E-state index contributed by atoms with van der Waals surface area (Å²) >= 11 is 1.42. The van der Waals surface area contributed by atoms with Gasteiger partial charge in [-0.05, 0) is 41.8 Å². The van der Waals surface area contributed by atoms with Gasteiger partial charge in [-0.15, -0.1) is 11.3 Å². The Balaban J connectivity index is 1.76. The zero-order valence-corrected chi connectivity index (χ0v) is 12.6. The zero-order chi connectivity index (χ0) is 15.2. The Labute approximate surface area is 133 Å². The van der Waals surface area contributed by atoms with Crippen molar-refractivity contribution in [2.45, 2.75) is 0 Å². The Morgan fingerprint density at radius 3 is 2.41 bits per heavy atom. The normalized spacial score (nSPS) is 9.64. The molecule has 0 aliphatic carbocycles. The van der Waals surface area contributed by atoms with E-state index < -0.39 is 0 Å². The van der Waals surface area contributed by atoms with Crippen molar-refractivity contribution < 1.29 is 4.79 Å². The van der Waals surface area contributed by atoms with Crippen LogP contribution in [-0.2, 0) is 0 Å². The predicted molar refractivity (Wildman–Crippen MR) is 91.1 cm³/mol. The Morgan fingerprint density at radius 1 is 0.864 bits per heavy atom. The van der Waals surface area contributed by atoms with Gasteiger partial charge in [0.15, 0.2) is 0 Å². The number of rotatable bonds is 2. The quantitative estimate of drug-likeness (QED) is 0.698. The first kappa shape index (κ1) is 14.1. The molecule has 0 saturated carbocycles. The highest BCUT2D eigenvalue weighted by Crippen LogP contribution is 2.14. The summed E-state index contributed by atoms with van der Waals surface area (Å²) in [5.41, 5.74) is 2.58. The first-order valence-corrected chi connectivity index (χ1v) is 7.71. The van der Waals surface area contributed by atoms with Gasteiger partial charge in [0.25, 0.3) is 5.91 Å². The van der Waals surface area contributed by atoms with E-state index in [4.69, 9.17) is 0 Å². The summed E-state index contributed by atoms with van der Waals surface area (Å²) in [6, 6.07) is 21.0. The number of hydrogen-bond acceptors (Lipinski definition) is 2. The van der Waals surface area contributed by atoms with Crippen LogP contribution in [0.1, 0.15) is 20.8 Å².